The first kappa shape index (κ1) is 19.9. The number of aryl methyl sites for hydroxylation is 1. The Balaban J connectivity index is 1.80. The van der Waals surface area contributed by atoms with Gasteiger partial charge in [-0.05, 0) is 54.8 Å². The van der Waals surface area contributed by atoms with Crippen LogP contribution in [-0.4, -0.2) is 34.5 Å². The monoisotopic (exact) mass is 380 g/mol. The highest BCUT2D eigenvalue weighted by molar-refractivity contribution is 7.89. The first-order valence-corrected chi connectivity index (χ1v) is 9.45. The Hall–Kier alpha value is -2.45. The fourth-order valence-corrected chi connectivity index (χ4v) is 3.30. The zero-order valence-corrected chi connectivity index (χ0v) is 15.4. The first-order chi connectivity index (χ1) is 12.3. The van der Waals surface area contributed by atoms with Crippen molar-refractivity contribution in [1.29, 1.82) is 0 Å². The van der Waals surface area contributed by atoms with Crippen LogP contribution in [0.1, 0.15) is 11.1 Å². The van der Waals surface area contributed by atoms with Crippen LogP contribution in [0.2, 0.25) is 0 Å². The van der Waals surface area contributed by atoms with Crippen molar-refractivity contribution in [3.63, 3.8) is 0 Å². The second kappa shape index (κ2) is 8.77. The van der Waals surface area contributed by atoms with Crippen molar-refractivity contribution in [2.45, 2.75) is 18.2 Å². The number of sulfonamides is 1. The largest absolute Gasteiger partial charge is 0.497 e. The van der Waals surface area contributed by atoms with Gasteiger partial charge in [0.1, 0.15) is 11.6 Å². The fourth-order valence-electron chi connectivity index (χ4n) is 2.23. The number of ether oxygens (including phenoxy) is 1. The van der Waals surface area contributed by atoms with E-state index < -0.39 is 21.7 Å². The summed E-state index contributed by atoms with van der Waals surface area (Å²) in [6.07, 6.45) is 0.611. The van der Waals surface area contributed by atoms with Crippen molar-refractivity contribution >= 4 is 15.9 Å². The number of nitrogens with one attached hydrogen (secondary N) is 2. The minimum atomic E-state index is -3.87. The van der Waals surface area contributed by atoms with E-state index in [1.807, 2.05) is 24.3 Å². The van der Waals surface area contributed by atoms with Crippen LogP contribution in [-0.2, 0) is 21.2 Å². The van der Waals surface area contributed by atoms with Crippen LogP contribution >= 0.6 is 0 Å². The maximum absolute atomic E-state index is 13.2. The quantitative estimate of drug-likeness (QED) is 0.731. The molecule has 1 amide bonds. The van der Waals surface area contributed by atoms with Crippen molar-refractivity contribution in [2.75, 3.05) is 20.2 Å². The Kier molecular flexibility index (Phi) is 6.70. The van der Waals surface area contributed by atoms with Gasteiger partial charge in [-0.2, -0.15) is 0 Å². The standard InChI is InChI=1S/C18H21FN2O4S/c1-13-11-16(7-8-17(13)19)26(23,24)21-12-18(22)20-10-9-14-3-5-15(25-2)6-4-14/h3-8,11,21H,9-10,12H2,1-2H3,(H,20,22). The molecule has 0 fully saturated rings. The summed E-state index contributed by atoms with van der Waals surface area (Å²) in [5.74, 6) is -0.177. The fraction of sp³-hybridized carbons (Fsp3) is 0.278. The zero-order chi connectivity index (χ0) is 19.2. The maximum Gasteiger partial charge on any atom is 0.241 e. The third kappa shape index (κ3) is 5.53. The van der Waals surface area contributed by atoms with Crippen LogP contribution in [0.3, 0.4) is 0 Å². The molecule has 0 aliphatic heterocycles. The number of hydrogen-bond acceptors (Lipinski definition) is 4. The van der Waals surface area contributed by atoms with Gasteiger partial charge in [0.2, 0.25) is 15.9 Å². The molecule has 0 atom stereocenters. The average Bonchev–Trinajstić information content (AvgIpc) is 2.63. The summed E-state index contributed by atoms with van der Waals surface area (Å²) in [6.45, 7) is 1.46. The van der Waals surface area contributed by atoms with Crippen LogP contribution in [0, 0.1) is 12.7 Å². The Bertz CT molecular complexity index is 867. The molecule has 2 aromatic carbocycles. The molecule has 0 saturated heterocycles. The van der Waals surface area contributed by atoms with Crippen LogP contribution < -0.4 is 14.8 Å². The van der Waals surface area contributed by atoms with Gasteiger partial charge in [-0.25, -0.2) is 17.5 Å². The highest BCUT2D eigenvalue weighted by atomic mass is 32.2. The Morgan fingerprint density at radius 1 is 1.15 bits per heavy atom. The second-order valence-corrected chi connectivity index (χ2v) is 7.45. The summed E-state index contributed by atoms with van der Waals surface area (Å²) < 4.78 is 44.8. The maximum atomic E-state index is 13.2. The predicted molar refractivity (Wildman–Crippen MR) is 96.0 cm³/mol. The molecule has 0 unspecified atom stereocenters. The lowest BCUT2D eigenvalue weighted by molar-refractivity contribution is -0.119. The molecule has 0 aliphatic rings. The normalized spacial score (nSPS) is 11.2. The molecule has 0 spiro atoms. The molecule has 2 rings (SSSR count). The van der Waals surface area contributed by atoms with E-state index in [0.717, 1.165) is 23.4 Å². The van der Waals surface area contributed by atoms with Gasteiger partial charge in [0.15, 0.2) is 0 Å². The van der Waals surface area contributed by atoms with Gasteiger partial charge >= 0.3 is 0 Å². The number of benzene rings is 2. The smallest absolute Gasteiger partial charge is 0.241 e. The minimum Gasteiger partial charge on any atom is -0.497 e. The van der Waals surface area contributed by atoms with Crippen LogP contribution in [0.5, 0.6) is 5.75 Å². The van der Waals surface area contributed by atoms with Gasteiger partial charge in [0.25, 0.3) is 0 Å². The summed E-state index contributed by atoms with van der Waals surface area (Å²) in [5.41, 5.74) is 1.24. The number of methoxy groups -OCH3 is 1. The molecule has 140 valence electrons. The molecule has 0 saturated carbocycles. The SMILES string of the molecule is COc1ccc(CCNC(=O)CNS(=O)(=O)c2ccc(F)c(C)c2)cc1. The lowest BCUT2D eigenvalue weighted by atomic mass is 10.1. The molecule has 0 radical (unpaired) electrons. The van der Waals surface area contributed by atoms with E-state index >= 15 is 0 Å². The lowest BCUT2D eigenvalue weighted by Gasteiger charge is -2.09. The molecular formula is C18H21FN2O4S. The van der Waals surface area contributed by atoms with Gasteiger partial charge in [-0.1, -0.05) is 12.1 Å². The molecule has 2 N–H and O–H groups in total. The van der Waals surface area contributed by atoms with Gasteiger partial charge in [0, 0.05) is 6.54 Å². The molecule has 8 heteroatoms. The van der Waals surface area contributed by atoms with Crippen LogP contribution in [0.25, 0.3) is 0 Å². The van der Waals surface area contributed by atoms with E-state index in [2.05, 4.69) is 10.0 Å². The van der Waals surface area contributed by atoms with Crippen LogP contribution in [0.15, 0.2) is 47.4 Å². The van der Waals surface area contributed by atoms with Gasteiger partial charge < -0.3 is 10.1 Å². The summed E-state index contributed by atoms with van der Waals surface area (Å²) in [4.78, 5) is 11.7. The Labute approximate surface area is 152 Å². The molecule has 0 aliphatic carbocycles. The third-order valence-corrected chi connectivity index (χ3v) is 5.16. The summed E-state index contributed by atoms with van der Waals surface area (Å²) in [7, 11) is -2.28. The van der Waals surface area contributed by atoms with Gasteiger partial charge in [-0.15, -0.1) is 0 Å². The number of hydrogen-bond donors (Lipinski definition) is 2. The van der Waals surface area contributed by atoms with E-state index in [4.69, 9.17) is 4.74 Å². The third-order valence-electron chi connectivity index (χ3n) is 3.76. The molecule has 26 heavy (non-hydrogen) atoms. The Morgan fingerprint density at radius 2 is 1.85 bits per heavy atom. The van der Waals surface area contributed by atoms with Crippen molar-refractivity contribution in [2.24, 2.45) is 0 Å². The van der Waals surface area contributed by atoms with E-state index in [1.165, 1.54) is 13.0 Å². The first-order valence-electron chi connectivity index (χ1n) is 7.97. The molecule has 0 aromatic heterocycles. The van der Waals surface area contributed by atoms with Gasteiger partial charge in [0.05, 0.1) is 18.6 Å². The summed E-state index contributed by atoms with van der Waals surface area (Å²) in [6, 6.07) is 10.9. The van der Waals surface area contributed by atoms with Gasteiger partial charge in [-0.3, -0.25) is 4.79 Å². The number of carbonyl (C=O) groups excluding carboxylic acids is 1. The van der Waals surface area contributed by atoms with E-state index in [-0.39, 0.29) is 17.0 Å². The minimum absolute atomic E-state index is 0.0811. The highest BCUT2D eigenvalue weighted by Crippen LogP contribution is 2.14. The molecule has 6 nitrogen and oxygen atoms in total. The average molecular weight is 380 g/mol. The topological polar surface area (TPSA) is 84.5 Å². The Morgan fingerprint density at radius 3 is 2.46 bits per heavy atom. The lowest BCUT2D eigenvalue weighted by Crippen LogP contribution is -2.37. The second-order valence-electron chi connectivity index (χ2n) is 5.68. The zero-order valence-electron chi connectivity index (χ0n) is 14.6. The number of halogens is 1. The summed E-state index contributed by atoms with van der Waals surface area (Å²) >= 11 is 0. The van der Waals surface area contributed by atoms with Crippen molar-refractivity contribution in [3.05, 3.63) is 59.4 Å². The van der Waals surface area contributed by atoms with Crippen molar-refractivity contribution < 1.29 is 22.3 Å². The number of carbonyl (C=O) groups is 1. The molecular weight excluding hydrogens is 359 g/mol. The number of amides is 1. The molecule has 2 aromatic rings. The van der Waals surface area contributed by atoms with Crippen molar-refractivity contribution in [3.8, 4) is 5.75 Å². The van der Waals surface area contributed by atoms with E-state index in [0.29, 0.717) is 13.0 Å². The van der Waals surface area contributed by atoms with Crippen molar-refractivity contribution in [1.82, 2.24) is 10.0 Å². The predicted octanol–water partition coefficient (Wildman–Crippen LogP) is 1.78. The molecule has 0 bridgehead atoms. The van der Waals surface area contributed by atoms with E-state index in [9.17, 15) is 17.6 Å². The molecule has 0 heterocycles. The highest BCUT2D eigenvalue weighted by Gasteiger charge is 2.16. The van der Waals surface area contributed by atoms with Crippen LogP contribution in [0.4, 0.5) is 4.39 Å². The number of rotatable bonds is 8. The van der Waals surface area contributed by atoms with E-state index in [1.54, 1.807) is 7.11 Å². The summed E-state index contributed by atoms with van der Waals surface area (Å²) in [5, 5.41) is 2.65.